The molecule has 0 aromatic heterocycles. The summed E-state index contributed by atoms with van der Waals surface area (Å²) in [6, 6.07) is 0. The SMILES string of the molecule is C[N][C@@H]1CCCO1. The summed E-state index contributed by atoms with van der Waals surface area (Å²) in [6.07, 6.45) is 2.53. The van der Waals surface area contributed by atoms with Crippen molar-refractivity contribution in [2.45, 2.75) is 19.1 Å². The minimum Gasteiger partial charge on any atom is -0.362 e. The summed E-state index contributed by atoms with van der Waals surface area (Å²) in [5.74, 6) is 0. The van der Waals surface area contributed by atoms with Crippen LogP contribution in [0.3, 0.4) is 0 Å². The minimum atomic E-state index is 0.222. The van der Waals surface area contributed by atoms with Gasteiger partial charge in [0.15, 0.2) is 0 Å². The number of rotatable bonds is 1. The van der Waals surface area contributed by atoms with Gasteiger partial charge in [0, 0.05) is 13.7 Å². The Morgan fingerprint density at radius 2 is 2.57 bits per heavy atom. The Labute approximate surface area is 43.9 Å². The van der Waals surface area contributed by atoms with E-state index < -0.39 is 0 Å². The van der Waals surface area contributed by atoms with Crippen molar-refractivity contribution in [2.75, 3.05) is 13.7 Å². The second kappa shape index (κ2) is 2.28. The molecule has 2 heteroatoms. The zero-order valence-electron chi connectivity index (χ0n) is 4.55. The van der Waals surface area contributed by atoms with Gasteiger partial charge < -0.3 is 4.74 Å². The molecule has 1 aliphatic rings. The first-order valence-electron chi connectivity index (χ1n) is 2.64. The first kappa shape index (κ1) is 5.06. The summed E-state index contributed by atoms with van der Waals surface area (Å²) in [5, 5.41) is 3.97. The van der Waals surface area contributed by atoms with Crippen LogP contribution in [0.15, 0.2) is 0 Å². The average molecular weight is 100 g/mol. The van der Waals surface area contributed by atoms with Crippen LogP contribution >= 0.6 is 0 Å². The molecule has 0 saturated carbocycles. The van der Waals surface area contributed by atoms with Gasteiger partial charge in [-0.2, -0.15) is 0 Å². The lowest BCUT2D eigenvalue weighted by molar-refractivity contribution is 0.0881. The van der Waals surface area contributed by atoms with Crippen LogP contribution in [-0.2, 0) is 4.74 Å². The van der Waals surface area contributed by atoms with Crippen molar-refractivity contribution in [3.8, 4) is 0 Å². The van der Waals surface area contributed by atoms with E-state index in [2.05, 4.69) is 5.32 Å². The highest BCUT2D eigenvalue weighted by atomic mass is 16.5. The molecule has 1 atom stereocenters. The van der Waals surface area contributed by atoms with E-state index in [1.165, 1.54) is 6.42 Å². The zero-order valence-corrected chi connectivity index (χ0v) is 4.55. The lowest BCUT2D eigenvalue weighted by Crippen LogP contribution is -2.15. The fourth-order valence-corrected chi connectivity index (χ4v) is 0.764. The predicted molar refractivity (Wildman–Crippen MR) is 27.0 cm³/mol. The monoisotopic (exact) mass is 100 g/mol. The van der Waals surface area contributed by atoms with E-state index in [1.54, 1.807) is 7.05 Å². The van der Waals surface area contributed by atoms with Gasteiger partial charge in [-0.3, -0.25) is 0 Å². The van der Waals surface area contributed by atoms with Gasteiger partial charge in [0.05, 0.1) is 0 Å². The van der Waals surface area contributed by atoms with E-state index in [0.717, 1.165) is 13.0 Å². The molecule has 0 aliphatic carbocycles. The largest absolute Gasteiger partial charge is 0.362 e. The van der Waals surface area contributed by atoms with E-state index in [-0.39, 0.29) is 6.23 Å². The summed E-state index contributed by atoms with van der Waals surface area (Å²) < 4.78 is 5.14. The second-order valence-corrected chi connectivity index (χ2v) is 1.73. The van der Waals surface area contributed by atoms with Gasteiger partial charge in [-0.1, -0.05) is 0 Å². The molecule has 0 N–H and O–H groups in total. The van der Waals surface area contributed by atoms with Gasteiger partial charge in [-0.15, -0.1) is 0 Å². The third-order valence-corrected chi connectivity index (χ3v) is 1.19. The predicted octanol–water partition coefficient (Wildman–Crippen LogP) is 0.357. The van der Waals surface area contributed by atoms with Crippen LogP contribution in [0.5, 0.6) is 0 Å². The van der Waals surface area contributed by atoms with Crippen LogP contribution in [0.25, 0.3) is 0 Å². The fraction of sp³-hybridized carbons (Fsp3) is 1.00. The molecule has 0 aromatic carbocycles. The molecule has 1 fully saturated rings. The van der Waals surface area contributed by atoms with Gasteiger partial charge in [-0.05, 0) is 12.8 Å². The molecule has 0 unspecified atom stereocenters. The Balaban J connectivity index is 2.14. The molecule has 0 amide bonds. The Kier molecular flexibility index (Phi) is 1.65. The molecule has 1 radical (unpaired) electrons. The molecular weight excluding hydrogens is 90.1 g/mol. The highest BCUT2D eigenvalue weighted by Gasteiger charge is 2.12. The maximum atomic E-state index is 5.14. The lowest BCUT2D eigenvalue weighted by Gasteiger charge is -2.01. The summed E-state index contributed by atoms with van der Waals surface area (Å²) in [5.41, 5.74) is 0. The molecule has 2 nitrogen and oxygen atoms in total. The second-order valence-electron chi connectivity index (χ2n) is 1.73. The first-order chi connectivity index (χ1) is 3.43. The molecule has 1 aliphatic heterocycles. The first-order valence-corrected chi connectivity index (χ1v) is 2.64. The van der Waals surface area contributed by atoms with Crippen molar-refractivity contribution in [3.63, 3.8) is 0 Å². The van der Waals surface area contributed by atoms with Crippen molar-refractivity contribution in [3.05, 3.63) is 0 Å². The van der Waals surface area contributed by atoms with Crippen LogP contribution in [0, 0.1) is 0 Å². The molecule has 0 aromatic rings. The van der Waals surface area contributed by atoms with Crippen molar-refractivity contribution >= 4 is 0 Å². The molecule has 1 heterocycles. The fourth-order valence-electron chi connectivity index (χ4n) is 0.764. The number of nitrogens with zero attached hydrogens (tertiary/aromatic N) is 1. The number of hydrogen-bond donors (Lipinski definition) is 0. The van der Waals surface area contributed by atoms with Crippen molar-refractivity contribution in [2.24, 2.45) is 0 Å². The smallest absolute Gasteiger partial charge is 0.123 e. The Hall–Kier alpha value is -0.0800. The van der Waals surface area contributed by atoms with Crippen molar-refractivity contribution in [1.82, 2.24) is 5.32 Å². The molecule has 41 valence electrons. The average Bonchev–Trinajstić information content (AvgIpc) is 2.14. The number of ether oxygens (including phenoxy) is 1. The summed E-state index contributed by atoms with van der Waals surface area (Å²) in [4.78, 5) is 0. The highest BCUT2D eigenvalue weighted by molar-refractivity contribution is 4.57. The Bertz CT molecular complexity index is 50.0. The maximum absolute atomic E-state index is 5.14. The topological polar surface area (TPSA) is 23.3 Å². The van der Waals surface area contributed by atoms with Gasteiger partial charge in [0.1, 0.15) is 6.23 Å². The molecule has 0 bridgehead atoms. The van der Waals surface area contributed by atoms with E-state index in [4.69, 9.17) is 4.74 Å². The van der Waals surface area contributed by atoms with Gasteiger partial charge in [0.25, 0.3) is 0 Å². The zero-order chi connectivity index (χ0) is 5.11. The normalized spacial score (nSPS) is 31.3. The van der Waals surface area contributed by atoms with Crippen LogP contribution in [0.1, 0.15) is 12.8 Å². The minimum absolute atomic E-state index is 0.222. The van der Waals surface area contributed by atoms with Crippen molar-refractivity contribution in [1.29, 1.82) is 0 Å². The van der Waals surface area contributed by atoms with Crippen LogP contribution in [-0.4, -0.2) is 19.9 Å². The third kappa shape index (κ3) is 1.14. The van der Waals surface area contributed by atoms with E-state index in [9.17, 15) is 0 Å². The van der Waals surface area contributed by atoms with E-state index >= 15 is 0 Å². The lowest BCUT2D eigenvalue weighted by atomic mass is 10.3. The third-order valence-electron chi connectivity index (χ3n) is 1.19. The summed E-state index contributed by atoms with van der Waals surface area (Å²) in [7, 11) is 1.80. The molecule has 1 saturated heterocycles. The Morgan fingerprint density at radius 1 is 1.71 bits per heavy atom. The van der Waals surface area contributed by atoms with Crippen molar-refractivity contribution < 1.29 is 4.74 Å². The summed E-state index contributed by atoms with van der Waals surface area (Å²) >= 11 is 0. The molecule has 1 rings (SSSR count). The number of hydrogen-bond acceptors (Lipinski definition) is 1. The summed E-state index contributed by atoms with van der Waals surface area (Å²) in [6.45, 7) is 0.905. The van der Waals surface area contributed by atoms with Crippen LogP contribution in [0.2, 0.25) is 0 Å². The quantitative estimate of drug-likeness (QED) is 0.466. The highest BCUT2D eigenvalue weighted by Crippen LogP contribution is 2.08. The van der Waals surface area contributed by atoms with Crippen LogP contribution < -0.4 is 5.32 Å². The maximum Gasteiger partial charge on any atom is 0.123 e. The van der Waals surface area contributed by atoms with E-state index in [0.29, 0.717) is 0 Å². The van der Waals surface area contributed by atoms with E-state index in [1.807, 2.05) is 0 Å². The Morgan fingerprint density at radius 3 is 2.86 bits per heavy atom. The van der Waals surface area contributed by atoms with Gasteiger partial charge in [0.2, 0.25) is 0 Å². The molecular formula is C5H10NO. The molecule has 7 heavy (non-hydrogen) atoms. The standard InChI is InChI=1S/C5H10NO/c1-6-5-3-2-4-7-5/h5H,2-4H2,1H3/t5-/m0/s1. The van der Waals surface area contributed by atoms with Crippen LogP contribution in [0.4, 0.5) is 0 Å². The molecule has 0 spiro atoms. The van der Waals surface area contributed by atoms with Gasteiger partial charge >= 0.3 is 0 Å². The van der Waals surface area contributed by atoms with Gasteiger partial charge in [-0.25, -0.2) is 5.32 Å².